The third kappa shape index (κ3) is 3.39. The zero-order valence-electron chi connectivity index (χ0n) is 17.3. The van der Waals surface area contributed by atoms with Gasteiger partial charge in [-0.15, -0.1) is 0 Å². The molecule has 0 bridgehead atoms. The van der Waals surface area contributed by atoms with Crippen LogP contribution in [0.5, 0.6) is 0 Å². The fourth-order valence-electron chi connectivity index (χ4n) is 3.95. The topological polar surface area (TPSA) is 57.8 Å². The molecule has 2 heterocycles. The second kappa shape index (κ2) is 6.73. The number of aromatic amines is 1. The third-order valence-electron chi connectivity index (χ3n) is 5.31. The highest BCUT2D eigenvalue weighted by atomic mass is 19.1. The molecule has 0 saturated heterocycles. The average molecular weight is 387 g/mol. The molecule has 0 aliphatic rings. The smallest absolute Gasteiger partial charge is 0.256 e. The largest absolute Gasteiger partial charge is 0.339 e. The van der Waals surface area contributed by atoms with Crippen molar-refractivity contribution in [1.29, 1.82) is 0 Å². The van der Waals surface area contributed by atoms with E-state index < -0.39 is 5.82 Å². The summed E-state index contributed by atoms with van der Waals surface area (Å²) in [5.74, 6) is 0.186. The molecule has 4 nitrogen and oxygen atoms in total. The summed E-state index contributed by atoms with van der Waals surface area (Å²) < 4.78 is 13.8. The molecule has 0 radical (unpaired) electrons. The summed E-state index contributed by atoms with van der Waals surface area (Å²) in [6.45, 7) is 8.61. The molecule has 2 N–H and O–H groups in total. The van der Waals surface area contributed by atoms with Gasteiger partial charge in [-0.2, -0.15) is 0 Å². The van der Waals surface area contributed by atoms with E-state index in [-0.39, 0.29) is 11.0 Å². The average Bonchev–Trinajstić information content (AvgIpc) is 2.63. The van der Waals surface area contributed by atoms with E-state index in [1.54, 1.807) is 18.3 Å². The monoisotopic (exact) mass is 387 g/mol. The van der Waals surface area contributed by atoms with Crippen LogP contribution in [0, 0.1) is 12.7 Å². The van der Waals surface area contributed by atoms with Crippen molar-refractivity contribution in [2.75, 3.05) is 5.32 Å². The first-order valence-corrected chi connectivity index (χ1v) is 9.64. The van der Waals surface area contributed by atoms with E-state index in [1.165, 1.54) is 23.2 Å². The van der Waals surface area contributed by atoms with E-state index >= 15 is 0 Å². The second-order valence-electron chi connectivity index (χ2n) is 8.57. The first kappa shape index (κ1) is 19.2. The number of nitrogens with one attached hydrogen (secondary N) is 2. The third-order valence-corrected chi connectivity index (χ3v) is 5.31. The van der Waals surface area contributed by atoms with Crippen molar-refractivity contribution in [2.45, 2.75) is 33.1 Å². The van der Waals surface area contributed by atoms with Crippen LogP contribution < -0.4 is 16.3 Å². The van der Waals surface area contributed by atoms with Gasteiger partial charge >= 0.3 is 0 Å². The lowest BCUT2D eigenvalue weighted by molar-refractivity contribution is 0.594. The van der Waals surface area contributed by atoms with E-state index in [4.69, 9.17) is 4.98 Å². The maximum atomic E-state index is 13.8. The number of aromatic nitrogens is 2. The van der Waals surface area contributed by atoms with Gasteiger partial charge in [-0.25, -0.2) is 9.37 Å². The maximum Gasteiger partial charge on any atom is 0.256 e. The van der Waals surface area contributed by atoms with Crippen LogP contribution in [0.3, 0.4) is 0 Å². The normalized spacial score (nSPS) is 11.9. The molecule has 2 aromatic carbocycles. The number of H-pyrrole nitrogens is 1. The summed E-state index contributed by atoms with van der Waals surface area (Å²) in [6.07, 6.45) is 1.59. The molecular weight excluding hydrogens is 364 g/mol. The molecule has 0 amide bonds. The van der Waals surface area contributed by atoms with E-state index in [0.717, 1.165) is 11.3 Å². The number of pyridine rings is 2. The van der Waals surface area contributed by atoms with Crippen molar-refractivity contribution in [3.05, 3.63) is 69.9 Å². The maximum absolute atomic E-state index is 13.8. The Balaban J connectivity index is 1.97. The molecule has 29 heavy (non-hydrogen) atoms. The van der Waals surface area contributed by atoms with Crippen LogP contribution in [0.25, 0.3) is 21.7 Å². The number of halogens is 1. The van der Waals surface area contributed by atoms with Crippen LogP contribution in [0.15, 0.2) is 47.4 Å². The Kier molecular flexibility index (Phi) is 4.45. The van der Waals surface area contributed by atoms with Gasteiger partial charge in [0.25, 0.3) is 5.56 Å². The SMILES string of the molecule is Bc1cc(C)c(Nc2nc3ccc(F)cc3c3c(=O)[nH]ccc23)cc1C(C)(C)C. The molecule has 0 atom stereocenters. The first-order chi connectivity index (χ1) is 13.6. The van der Waals surface area contributed by atoms with Crippen LogP contribution >= 0.6 is 0 Å². The Hall–Kier alpha value is -3.15. The summed E-state index contributed by atoms with van der Waals surface area (Å²) in [7, 11) is 2.12. The summed E-state index contributed by atoms with van der Waals surface area (Å²) in [6, 6.07) is 10.4. The molecule has 0 saturated carbocycles. The van der Waals surface area contributed by atoms with Gasteiger partial charge in [0.05, 0.1) is 10.9 Å². The van der Waals surface area contributed by atoms with Crippen LogP contribution in [-0.4, -0.2) is 17.8 Å². The molecular formula is C23H23BFN3O. The van der Waals surface area contributed by atoms with Gasteiger partial charge in [-0.3, -0.25) is 4.79 Å². The first-order valence-electron chi connectivity index (χ1n) is 9.64. The number of aryl methyl sites for hydroxylation is 1. The summed E-state index contributed by atoms with van der Waals surface area (Å²) in [5.41, 5.74) is 4.82. The van der Waals surface area contributed by atoms with Crippen molar-refractivity contribution < 1.29 is 4.39 Å². The van der Waals surface area contributed by atoms with Gasteiger partial charge in [-0.05, 0) is 53.8 Å². The van der Waals surface area contributed by atoms with Gasteiger partial charge < -0.3 is 10.3 Å². The van der Waals surface area contributed by atoms with Crippen LogP contribution in [-0.2, 0) is 5.41 Å². The number of nitrogens with zero attached hydrogens (tertiary/aromatic N) is 1. The van der Waals surface area contributed by atoms with E-state index in [9.17, 15) is 9.18 Å². The second-order valence-corrected chi connectivity index (χ2v) is 8.57. The summed E-state index contributed by atoms with van der Waals surface area (Å²) in [5, 5.41) is 5.02. The molecule has 2 aromatic heterocycles. The number of anilines is 2. The number of fused-ring (bicyclic) bond motifs is 3. The van der Waals surface area contributed by atoms with Gasteiger partial charge in [0.15, 0.2) is 0 Å². The Morgan fingerprint density at radius 1 is 1.10 bits per heavy atom. The molecule has 6 heteroatoms. The number of hydrogen-bond acceptors (Lipinski definition) is 3. The van der Waals surface area contributed by atoms with E-state index in [1.807, 2.05) is 6.92 Å². The number of rotatable bonds is 2. The number of hydrogen-bond donors (Lipinski definition) is 2. The van der Waals surface area contributed by atoms with Crippen molar-refractivity contribution in [1.82, 2.24) is 9.97 Å². The standard InChI is InChI=1S/C23H23BFN3O/c1-12-9-17(24)16(23(2,3)4)11-19(12)28-21-14-7-8-26-22(29)20(14)15-10-13(25)5-6-18(15)27-21/h5-11H,24H2,1-4H3,(H,26,29)(H,27,28). The van der Waals surface area contributed by atoms with Crippen LogP contribution in [0.2, 0.25) is 0 Å². The van der Waals surface area contributed by atoms with Gasteiger partial charge in [-0.1, -0.05) is 32.3 Å². The number of benzene rings is 2. The predicted molar refractivity (Wildman–Crippen MR) is 121 cm³/mol. The van der Waals surface area contributed by atoms with Crippen molar-refractivity contribution in [2.24, 2.45) is 0 Å². The highest BCUT2D eigenvalue weighted by Gasteiger charge is 2.19. The Morgan fingerprint density at radius 3 is 2.59 bits per heavy atom. The quantitative estimate of drug-likeness (QED) is 0.406. The minimum Gasteiger partial charge on any atom is -0.339 e. The molecule has 0 aliphatic heterocycles. The Bertz CT molecular complexity index is 1320. The van der Waals surface area contributed by atoms with E-state index in [0.29, 0.717) is 27.5 Å². The van der Waals surface area contributed by atoms with Crippen LogP contribution in [0.1, 0.15) is 31.9 Å². The van der Waals surface area contributed by atoms with E-state index in [2.05, 4.69) is 51.1 Å². The molecule has 146 valence electrons. The van der Waals surface area contributed by atoms with Crippen molar-refractivity contribution in [3.8, 4) is 0 Å². The molecule has 4 aromatic rings. The molecule has 0 aliphatic carbocycles. The predicted octanol–water partition coefficient (Wildman–Crippen LogP) is 3.82. The molecule has 4 rings (SSSR count). The summed E-state index contributed by atoms with van der Waals surface area (Å²) >= 11 is 0. The van der Waals surface area contributed by atoms with Crippen LogP contribution in [0.4, 0.5) is 15.9 Å². The van der Waals surface area contributed by atoms with Gasteiger partial charge in [0.2, 0.25) is 0 Å². The zero-order chi connectivity index (χ0) is 20.9. The minimum absolute atomic E-state index is 0.00176. The fourth-order valence-corrected chi connectivity index (χ4v) is 3.95. The molecule has 0 spiro atoms. The fraction of sp³-hybridized carbons (Fsp3) is 0.217. The highest BCUT2D eigenvalue weighted by Crippen LogP contribution is 2.32. The lowest BCUT2D eigenvalue weighted by Crippen LogP contribution is -2.23. The highest BCUT2D eigenvalue weighted by molar-refractivity contribution is 6.33. The van der Waals surface area contributed by atoms with Gasteiger partial charge in [0.1, 0.15) is 19.5 Å². The lowest BCUT2D eigenvalue weighted by atomic mass is 9.76. The van der Waals surface area contributed by atoms with Crippen molar-refractivity contribution in [3.63, 3.8) is 0 Å². The zero-order valence-corrected chi connectivity index (χ0v) is 17.3. The summed E-state index contributed by atoms with van der Waals surface area (Å²) in [4.78, 5) is 20.0. The van der Waals surface area contributed by atoms with Gasteiger partial charge in [0, 0.05) is 22.7 Å². The van der Waals surface area contributed by atoms with Crippen molar-refractivity contribution >= 4 is 46.5 Å². The Morgan fingerprint density at radius 2 is 1.86 bits per heavy atom. The Labute approximate surface area is 169 Å². The minimum atomic E-state index is -0.395. The lowest BCUT2D eigenvalue weighted by Gasteiger charge is -2.24. The molecule has 0 fully saturated rings. The molecule has 0 unspecified atom stereocenters.